The normalized spacial score (nSPS) is 14.6. The van der Waals surface area contributed by atoms with Crippen LogP contribution in [-0.2, 0) is 25.7 Å². The minimum absolute atomic E-state index is 1.19. The molecule has 0 aromatic heterocycles. The molecule has 0 spiro atoms. The van der Waals surface area contributed by atoms with Crippen LogP contribution in [-0.4, -0.2) is 0 Å². The van der Waals surface area contributed by atoms with Gasteiger partial charge in [0.15, 0.2) is 0 Å². The van der Waals surface area contributed by atoms with Gasteiger partial charge < -0.3 is 0 Å². The molecule has 0 heterocycles. The molecule has 1 aliphatic carbocycles. The average molecular weight is 174 g/mol. The molecule has 0 N–H and O–H groups in total. The summed E-state index contributed by atoms with van der Waals surface area (Å²) in [6.45, 7) is 4.54. The number of aryl methyl sites for hydroxylation is 2. The van der Waals surface area contributed by atoms with Gasteiger partial charge in [-0.05, 0) is 54.4 Å². The first-order chi connectivity index (χ1) is 6.36. The van der Waals surface area contributed by atoms with Crippen molar-refractivity contribution in [3.8, 4) is 0 Å². The molecule has 0 aliphatic heterocycles. The molecular formula is C13H18. The van der Waals surface area contributed by atoms with Crippen LogP contribution in [0.4, 0.5) is 0 Å². The molecule has 70 valence electrons. The second-order valence-electron chi connectivity index (χ2n) is 3.90. The van der Waals surface area contributed by atoms with Gasteiger partial charge in [-0.15, -0.1) is 0 Å². The third-order valence-corrected chi connectivity index (χ3v) is 3.23. The average Bonchev–Trinajstić information content (AvgIpc) is 2.63. The highest BCUT2D eigenvalue weighted by Gasteiger charge is 2.15. The van der Waals surface area contributed by atoms with E-state index in [0.717, 1.165) is 0 Å². The molecule has 0 radical (unpaired) electrons. The first-order valence-corrected chi connectivity index (χ1v) is 5.49. The summed E-state index contributed by atoms with van der Waals surface area (Å²) in [5, 5.41) is 0. The Morgan fingerprint density at radius 3 is 2.62 bits per heavy atom. The Balaban J connectivity index is 2.53. The van der Waals surface area contributed by atoms with Gasteiger partial charge in [0.2, 0.25) is 0 Å². The van der Waals surface area contributed by atoms with E-state index >= 15 is 0 Å². The van der Waals surface area contributed by atoms with Crippen molar-refractivity contribution in [3.05, 3.63) is 34.4 Å². The van der Waals surface area contributed by atoms with Crippen LogP contribution in [0.1, 0.15) is 42.5 Å². The standard InChI is InChI=1S/C13H18/c1-3-10-8-9-11-6-5-7-13(11)12(10)4-2/h8-9H,3-7H2,1-2H3. The van der Waals surface area contributed by atoms with Crippen LogP contribution >= 0.6 is 0 Å². The maximum atomic E-state index is 2.35. The Hall–Kier alpha value is -0.780. The molecule has 0 amide bonds. The fraction of sp³-hybridized carbons (Fsp3) is 0.538. The van der Waals surface area contributed by atoms with Gasteiger partial charge >= 0.3 is 0 Å². The molecule has 0 fully saturated rings. The van der Waals surface area contributed by atoms with Gasteiger partial charge in [0.25, 0.3) is 0 Å². The Labute approximate surface area is 81.0 Å². The molecule has 0 atom stereocenters. The first kappa shape index (κ1) is 8.80. The molecule has 0 unspecified atom stereocenters. The predicted octanol–water partition coefficient (Wildman–Crippen LogP) is 3.30. The fourth-order valence-electron chi connectivity index (χ4n) is 2.56. The smallest absolute Gasteiger partial charge is 0.0270 e. The molecule has 2 rings (SSSR count). The van der Waals surface area contributed by atoms with Crippen LogP contribution in [0.25, 0.3) is 0 Å². The van der Waals surface area contributed by atoms with E-state index in [2.05, 4.69) is 26.0 Å². The van der Waals surface area contributed by atoms with Gasteiger partial charge in [-0.1, -0.05) is 26.0 Å². The van der Waals surface area contributed by atoms with Gasteiger partial charge in [0.05, 0.1) is 0 Å². The highest BCUT2D eigenvalue weighted by atomic mass is 14.2. The van der Waals surface area contributed by atoms with Crippen LogP contribution < -0.4 is 0 Å². The van der Waals surface area contributed by atoms with Crippen molar-refractivity contribution in [1.82, 2.24) is 0 Å². The summed E-state index contributed by atoms with van der Waals surface area (Å²) in [4.78, 5) is 0. The second-order valence-corrected chi connectivity index (χ2v) is 3.90. The van der Waals surface area contributed by atoms with E-state index in [-0.39, 0.29) is 0 Å². The minimum Gasteiger partial charge on any atom is -0.0613 e. The fourth-order valence-corrected chi connectivity index (χ4v) is 2.56. The number of hydrogen-bond donors (Lipinski definition) is 0. The maximum Gasteiger partial charge on any atom is -0.0270 e. The van der Waals surface area contributed by atoms with Crippen molar-refractivity contribution in [2.45, 2.75) is 46.0 Å². The van der Waals surface area contributed by atoms with Crippen LogP contribution in [0.2, 0.25) is 0 Å². The van der Waals surface area contributed by atoms with Crippen LogP contribution in [0.3, 0.4) is 0 Å². The number of fused-ring (bicyclic) bond motifs is 1. The molecule has 0 saturated carbocycles. The Morgan fingerprint density at radius 1 is 1.08 bits per heavy atom. The van der Waals surface area contributed by atoms with Crippen molar-refractivity contribution in [3.63, 3.8) is 0 Å². The molecule has 1 aromatic carbocycles. The predicted molar refractivity (Wildman–Crippen MR) is 57.2 cm³/mol. The van der Waals surface area contributed by atoms with Crippen molar-refractivity contribution >= 4 is 0 Å². The molecule has 1 aliphatic rings. The van der Waals surface area contributed by atoms with E-state index in [1.807, 2.05) is 0 Å². The van der Waals surface area contributed by atoms with Gasteiger partial charge in [0.1, 0.15) is 0 Å². The molecule has 0 bridgehead atoms. The van der Waals surface area contributed by atoms with Crippen LogP contribution in [0.15, 0.2) is 12.1 Å². The summed E-state index contributed by atoms with van der Waals surface area (Å²) in [6, 6.07) is 4.68. The highest BCUT2D eigenvalue weighted by Crippen LogP contribution is 2.28. The van der Waals surface area contributed by atoms with E-state index in [1.54, 1.807) is 22.3 Å². The van der Waals surface area contributed by atoms with Gasteiger partial charge in [-0.2, -0.15) is 0 Å². The van der Waals surface area contributed by atoms with E-state index < -0.39 is 0 Å². The van der Waals surface area contributed by atoms with E-state index in [4.69, 9.17) is 0 Å². The molecular weight excluding hydrogens is 156 g/mol. The third kappa shape index (κ3) is 1.39. The second kappa shape index (κ2) is 3.53. The monoisotopic (exact) mass is 174 g/mol. The van der Waals surface area contributed by atoms with Crippen molar-refractivity contribution in [1.29, 1.82) is 0 Å². The van der Waals surface area contributed by atoms with Gasteiger partial charge in [0, 0.05) is 0 Å². The van der Waals surface area contributed by atoms with Crippen molar-refractivity contribution in [2.24, 2.45) is 0 Å². The van der Waals surface area contributed by atoms with Gasteiger partial charge in [-0.3, -0.25) is 0 Å². The Bertz CT molecular complexity index is 310. The number of hydrogen-bond acceptors (Lipinski definition) is 0. The maximum absolute atomic E-state index is 2.35. The quantitative estimate of drug-likeness (QED) is 0.645. The Morgan fingerprint density at radius 2 is 1.92 bits per heavy atom. The van der Waals surface area contributed by atoms with E-state index in [1.165, 1.54) is 32.1 Å². The molecule has 0 saturated heterocycles. The SMILES string of the molecule is CCc1ccc2c(c1CC)CCC2. The first-order valence-electron chi connectivity index (χ1n) is 5.49. The summed E-state index contributed by atoms with van der Waals surface area (Å²) in [5.74, 6) is 0. The summed E-state index contributed by atoms with van der Waals surface area (Å²) in [6.07, 6.45) is 6.41. The highest BCUT2D eigenvalue weighted by molar-refractivity contribution is 5.43. The van der Waals surface area contributed by atoms with E-state index in [0.29, 0.717) is 0 Å². The minimum atomic E-state index is 1.19. The van der Waals surface area contributed by atoms with Gasteiger partial charge in [-0.25, -0.2) is 0 Å². The summed E-state index contributed by atoms with van der Waals surface area (Å²) < 4.78 is 0. The van der Waals surface area contributed by atoms with Crippen molar-refractivity contribution < 1.29 is 0 Å². The largest absolute Gasteiger partial charge is 0.0613 e. The zero-order chi connectivity index (χ0) is 9.26. The molecule has 13 heavy (non-hydrogen) atoms. The number of benzene rings is 1. The van der Waals surface area contributed by atoms with Crippen LogP contribution in [0.5, 0.6) is 0 Å². The Kier molecular flexibility index (Phi) is 2.39. The lowest BCUT2D eigenvalue weighted by atomic mass is 9.94. The molecule has 0 nitrogen and oxygen atoms in total. The third-order valence-electron chi connectivity index (χ3n) is 3.23. The number of rotatable bonds is 2. The summed E-state index contributed by atoms with van der Waals surface area (Å²) >= 11 is 0. The topological polar surface area (TPSA) is 0 Å². The lowest BCUT2D eigenvalue weighted by Gasteiger charge is -2.11. The summed E-state index contributed by atoms with van der Waals surface area (Å²) in [7, 11) is 0. The van der Waals surface area contributed by atoms with Crippen molar-refractivity contribution in [2.75, 3.05) is 0 Å². The van der Waals surface area contributed by atoms with Crippen LogP contribution in [0, 0.1) is 0 Å². The van der Waals surface area contributed by atoms with E-state index in [9.17, 15) is 0 Å². The molecule has 1 aromatic rings. The zero-order valence-electron chi connectivity index (χ0n) is 8.69. The lowest BCUT2D eigenvalue weighted by molar-refractivity contribution is 0.902. The lowest BCUT2D eigenvalue weighted by Crippen LogP contribution is -1.97. The summed E-state index contributed by atoms with van der Waals surface area (Å²) in [5.41, 5.74) is 6.52. The molecule has 0 heteroatoms. The zero-order valence-corrected chi connectivity index (χ0v) is 8.69.